The topological polar surface area (TPSA) is 4.93 Å². The van der Waals surface area contributed by atoms with Gasteiger partial charge in [-0.15, -0.1) is 0 Å². The molecule has 0 amide bonds. The second-order valence-electron chi connectivity index (χ2n) is 8.67. The summed E-state index contributed by atoms with van der Waals surface area (Å²) in [5.74, 6) is 0. The van der Waals surface area contributed by atoms with Crippen molar-refractivity contribution < 1.29 is 0 Å². The summed E-state index contributed by atoms with van der Waals surface area (Å²) in [6.07, 6.45) is 0. The van der Waals surface area contributed by atoms with E-state index in [-0.39, 0.29) is 5.41 Å². The molecule has 5 aromatic rings. The van der Waals surface area contributed by atoms with Gasteiger partial charge in [-0.05, 0) is 46.0 Å². The third kappa shape index (κ3) is 2.28. The van der Waals surface area contributed by atoms with Gasteiger partial charge in [-0.3, -0.25) is 0 Å². The molecule has 0 radical (unpaired) electrons. The molecule has 29 heavy (non-hydrogen) atoms. The minimum absolute atomic E-state index is 0.0668. The molecule has 0 aliphatic heterocycles. The summed E-state index contributed by atoms with van der Waals surface area (Å²) < 4.78 is 2.46. The van der Waals surface area contributed by atoms with Crippen LogP contribution < -0.4 is 0 Å². The quantitative estimate of drug-likeness (QED) is 0.310. The van der Waals surface area contributed by atoms with Gasteiger partial charge in [0.15, 0.2) is 0 Å². The number of hydrogen-bond donors (Lipinski definition) is 0. The van der Waals surface area contributed by atoms with Gasteiger partial charge in [0.1, 0.15) is 0 Å². The fourth-order valence-electron chi connectivity index (χ4n) is 5.22. The van der Waals surface area contributed by atoms with Crippen molar-refractivity contribution in [3.05, 3.63) is 108 Å². The summed E-state index contributed by atoms with van der Waals surface area (Å²) in [6, 6.07) is 33.4. The Morgan fingerprint density at radius 2 is 1.21 bits per heavy atom. The molecule has 1 aliphatic carbocycles. The van der Waals surface area contributed by atoms with Crippen molar-refractivity contribution in [3.63, 3.8) is 0 Å². The maximum Gasteiger partial charge on any atom is 0.0494 e. The summed E-state index contributed by atoms with van der Waals surface area (Å²) >= 11 is 0. The van der Waals surface area contributed by atoms with Crippen LogP contribution in [0.15, 0.2) is 91.0 Å². The van der Waals surface area contributed by atoms with E-state index in [0.29, 0.717) is 0 Å². The van der Waals surface area contributed by atoms with E-state index in [1.165, 1.54) is 49.6 Å². The molecule has 0 saturated heterocycles. The predicted molar refractivity (Wildman–Crippen MR) is 123 cm³/mol. The van der Waals surface area contributed by atoms with Crippen LogP contribution in [0.3, 0.4) is 0 Å². The van der Waals surface area contributed by atoms with Gasteiger partial charge in [0.25, 0.3) is 0 Å². The first kappa shape index (κ1) is 16.6. The molecule has 1 nitrogen and oxygen atoms in total. The Hall–Kier alpha value is -3.32. The second kappa shape index (κ2) is 5.84. The van der Waals surface area contributed by atoms with Gasteiger partial charge in [0.2, 0.25) is 0 Å². The molecule has 1 heterocycles. The molecule has 6 rings (SSSR count). The predicted octanol–water partition coefficient (Wildman–Crippen LogP) is 7.15. The van der Waals surface area contributed by atoms with E-state index in [1.54, 1.807) is 0 Å². The lowest BCUT2D eigenvalue weighted by Gasteiger charge is -2.21. The van der Waals surface area contributed by atoms with E-state index in [9.17, 15) is 0 Å². The van der Waals surface area contributed by atoms with Crippen molar-refractivity contribution in [1.82, 2.24) is 4.57 Å². The number of aromatic nitrogens is 1. The van der Waals surface area contributed by atoms with Gasteiger partial charge in [-0.1, -0.05) is 86.6 Å². The highest BCUT2D eigenvalue weighted by Gasteiger charge is 2.34. The van der Waals surface area contributed by atoms with Crippen LogP contribution in [0.4, 0.5) is 0 Å². The third-order valence-electron chi connectivity index (χ3n) is 6.67. The minimum Gasteiger partial charge on any atom is -0.336 e. The van der Waals surface area contributed by atoms with Crippen LogP contribution in [0.5, 0.6) is 0 Å². The zero-order valence-corrected chi connectivity index (χ0v) is 16.8. The first-order valence-corrected chi connectivity index (χ1v) is 10.3. The maximum absolute atomic E-state index is 2.46. The van der Waals surface area contributed by atoms with Gasteiger partial charge in [-0.25, -0.2) is 0 Å². The van der Waals surface area contributed by atoms with E-state index in [2.05, 4.69) is 109 Å². The van der Waals surface area contributed by atoms with Crippen molar-refractivity contribution in [2.75, 3.05) is 0 Å². The maximum atomic E-state index is 2.46. The van der Waals surface area contributed by atoms with Crippen LogP contribution in [0, 0.1) is 0 Å². The summed E-state index contributed by atoms with van der Waals surface area (Å²) in [7, 11) is 0. The van der Waals surface area contributed by atoms with Crippen LogP contribution in [0.2, 0.25) is 0 Å². The monoisotopic (exact) mass is 373 g/mol. The van der Waals surface area contributed by atoms with Gasteiger partial charge in [0, 0.05) is 33.8 Å². The van der Waals surface area contributed by atoms with E-state index in [0.717, 1.165) is 6.54 Å². The zero-order valence-electron chi connectivity index (χ0n) is 16.8. The van der Waals surface area contributed by atoms with E-state index >= 15 is 0 Å². The molecule has 1 aromatic heterocycles. The van der Waals surface area contributed by atoms with Crippen molar-refractivity contribution >= 4 is 21.8 Å². The largest absolute Gasteiger partial charge is 0.336 e. The van der Waals surface area contributed by atoms with Crippen LogP contribution >= 0.6 is 0 Å². The molecular formula is C28H23N. The van der Waals surface area contributed by atoms with Crippen molar-refractivity contribution in [1.29, 1.82) is 0 Å². The fraction of sp³-hybridized carbons (Fsp3) is 0.143. The molecule has 0 atom stereocenters. The van der Waals surface area contributed by atoms with Crippen LogP contribution in [-0.4, -0.2) is 4.57 Å². The van der Waals surface area contributed by atoms with Crippen molar-refractivity contribution in [2.24, 2.45) is 0 Å². The standard InChI is InChI=1S/C28H23N/c1-28(2)24-12-6-3-9-20(24)23-17-19(15-16-25(23)28)18-29-26-13-7-4-10-21(26)22-11-5-8-14-27(22)29/h3-17H,18H2,1-2H3. The molecule has 4 aromatic carbocycles. The Morgan fingerprint density at radius 3 is 1.93 bits per heavy atom. The summed E-state index contributed by atoms with van der Waals surface area (Å²) in [5.41, 5.74) is 9.67. The first-order chi connectivity index (χ1) is 14.1. The summed E-state index contributed by atoms with van der Waals surface area (Å²) in [4.78, 5) is 0. The van der Waals surface area contributed by atoms with E-state index in [4.69, 9.17) is 0 Å². The molecule has 0 bridgehead atoms. The number of rotatable bonds is 2. The molecule has 0 fully saturated rings. The third-order valence-corrected chi connectivity index (χ3v) is 6.67. The van der Waals surface area contributed by atoms with E-state index < -0.39 is 0 Å². The Kier molecular flexibility index (Phi) is 3.35. The molecule has 1 heteroatoms. The van der Waals surface area contributed by atoms with Gasteiger partial charge in [-0.2, -0.15) is 0 Å². The normalized spacial score (nSPS) is 14.3. The second-order valence-corrected chi connectivity index (χ2v) is 8.67. The molecule has 0 N–H and O–H groups in total. The molecule has 0 saturated carbocycles. The van der Waals surface area contributed by atoms with Gasteiger partial charge < -0.3 is 4.57 Å². The van der Waals surface area contributed by atoms with Crippen LogP contribution in [0.25, 0.3) is 32.9 Å². The number of fused-ring (bicyclic) bond motifs is 6. The number of nitrogens with zero attached hydrogens (tertiary/aromatic N) is 1. The zero-order chi connectivity index (χ0) is 19.6. The Bertz CT molecular complexity index is 1350. The number of benzene rings is 4. The highest BCUT2D eigenvalue weighted by Crippen LogP contribution is 2.48. The molecule has 0 spiro atoms. The Morgan fingerprint density at radius 1 is 0.621 bits per heavy atom. The number of hydrogen-bond acceptors (Lipinski definition) is 0. The van der Waals surface area contributed by atoms with Gasteiger partial charge in [0.05, 0.1) is 0 Å². The van der Waals surface area contributed by atoms with Gasteiger partial charge >= 0.3 is 0 Å². The highest BCUT2D eigenvalue weighted by molar-refractivity contribution is 6.08. The smallest absolute Gasteiger partial charge is 0.0494 e. The SMILES string of the molecule is CC1(C)c2ccccc2-c2cc(Cn3c4ccccc4c4ccccc43)ccc21. The average molecular weight is 373 g/mol. The minimum atomic E-state index is 0.0668. The molecular weight excluding hydrogens is 350 g/mol. The summed E-state index contributed by atoms with van der Waals surface area (Å²) in [5, 5.41) is 2.66. The lowest BCUT2D eigenvalue weighted by Crippen LogP contribution is -2.14. The van der Waals surface area contributed by atoms with Crippen LogP contribution in [-0.2, 0) is 12.0 Å². The molecule has 0 unspecified atom stereocenters. The van der Waals surface area contributed by atoms with Crippen molar-refractivity contribution in [3.8, 4) is 11.1 Å². The average Bonchev–Trinajstić information content (AvgIpc) is 3.19. The lowest BCUT2D eigenvalue weighted by molar-refractivity contribution is 0.660. The fourth-order valence-corrected chi connectivity index (χ4v) is 5.22. The number of para-hydroxylation sites is 2. The highest BCUT2D eigenvalue weighted by atomic mass is 15.0. The first-order valence-electron chi connectivity index (χ1n) is 10.3. The Balaban J connectivity index is 1.53. The molecule has 140 valence electrons. The Labute approximate surface area is 171 Å². The van der Waals surface area contributed by atoms with E-state index in [1.807, 2.05) is 0 Å². The lowest BCUT2D eigenvalue weighted by atomic mass is 9.82. The van der Waals surface area contributed by atoms with Crippen molar-refractivity contribution in [2.45, 2.75) is 25.8 Å². The summed E-state index contributed by atoms with van der Waals surface area (Å²) in [6.45, 7) is 5.55. The molecule has 1 aliphatic rings. The van der Waals surface area contributed by atoms with Crippen LogP contribution in [0.1, 0.15) is 30.5 Å².